The minimum Gasteiger partial charge on any atom is -0.385 e. The lowest BCUT2D eigenvalue weighted by Gasteiger charge is -2.04. The van der Waals surface area contributed by atoms with Gasteiger partial charge >= 0.3 is 0 Å². The number of hydrogen-bond acceptors (Lipinski definition) is 4. The molecule has 0 unspecified atom stereocenters. The van der Waals surface area contributed by atoms with Crippen LogP contribution >= 0.6 is 0 Å². The molecule has 0 atom stereocenters. The van der Waals surface area contributed by atoms with Gasteiger partial charge in [0.1, 0.15) is 0 Å². The average Bonchev–Trinajstić information content (AvgIpc) is 2.26. The molecule has 1 aromatic rings. The second-order valence-corrected chi connectivity index (χ2v) is 4.55. The standard InChI is InChI=1S/C10H14O4S/c1-13-8-5-9-14-15(11,12)10-6-3-2-4-7-10/h2-4,6-7H,5,8-9H2,1H3. The first-order valence-corrected chi connectivity index (χ1v) is 6.01. The highest BCUT2D eigenvalue weighted by molar-refractivity contribution is 7.86. The lowest BCUT2D eigenvalue weighted by atomic mass is 10.4. The average molecular weight is 230 g/mol. The highest BCUT2D eigenvalue weighted by atomic mass is 32.2. The van der Waals surface area contributed by atoms with Gasteiger partial charge in [0.05, 0.1) is 11.5 Å². The van der Waals surface area contributed by atoms with Gasteiger partial charge in [-0.25, -0.2) is 0 Å². The van der Waals surface area contributed by atoms with Crippen molar-refractivity contribution < 1.29 is 17.3 Å². The van der Waals surface area contributed by atoms with Crippen LogP contribution in [0.3, 0.4) is 0 Å². The van der Waals surface area contributed by atoms with Crippen molar-refractivity contribution in [2.45, 2.75) is 11.3 Å². The first kappa shape index (κ1) is 12.2. The largest absolute Gasteiger partial charge is 0.385 e. The maximum absolute atomic E-state index is 11.5. The SMILES string of the molecule is COCCCOS(=O)(=O)c1ccccc1. The smallest absolute Gasteiger partial charge is 0.296 e. The van der Waals surface area contributed by atoms with Gasteiger partial charge < -0.3 is 4.74 Å². The lowest BCUT2D eigenvalue weighted by Crippen LogP contribution is -2.08. The molecule has 4 nitrogen and oxygen atoms in total. The molecule has 0 spiro atoms. The van der Waals surface area contributed by atoms with E-state index in [2.05, 4.69) is 0 Å². The van der Waals surface area contributed by atoms with Gasteiger partial charge in [-0.15, -0.1) is 0 Å². The topological polar surface area (TPSA) is 52.6 Å². The van der Waals surface area contributed by atoms with Crippen LogP contribution < -0.4 is 0 Å². The van der Waals surface area contributed by atoms with E-state index in [9.17, 15) is 8.42 Å². The van der Waals surface area contributed by atoms with Gasteiger partial charge in [0.2, 0.25) is 0 Å². The molecule has 0 fully saturated rings. The molecule has 0 amide bonds. The second-order valence-electron chi connectivity index (χ2n) is 2.94. The molecule has 0 aliphatic carbocycles. The van der Waals surface area contributed by atoms with Crippen LogP contribution in [-0.2, 0) is 19.0 Å². The molecule has 1 aromatic carbocycles. The Balaban J connectivity index is 2.53. The van der Waals surface area contributed by atoms with Crippen LogP contribution in [-0.4, -0.2) is 28.7 Å². The van der Waals surface area contributed by atoms with Crippen LogP contribution in [0.5, 0.6) is 0 Å². The van der Waals surface area contributed by atoms with Crippen molar-refractivity contribution in [3.8, 4) is 0 Å². The summed E-state index contributed by atoms with van der Waals surface area (Å²) in [4.78, 5) is 0.183. The van der Waals surface area contributed by atoms with Gasteiger partial charge in [-0.05, 0) is 18.6 Å². The van der Waals surface area contributed by atoms with E-state index in [0.717, 1.165) is 0 Å². The van der Waals surface area contributed by atoms with Gasteiger partial charge in [-0.2, -0.15) is 8.42 Å². The molecule has 0 aromatic heterocycles. The normalized spacial score (nSPS) is 11.5. The molecular weight excluding hydrogens is 216 g/mol. The summed E-state index contributed by atoms with van der Waals surface area (Å²) in [5.41, 5.74) is 0. The molecule has 0 saturated heterocycles. The Morgan fingerprint density at radius 2 is 1.80 bits per heavy atom. The fourth-order valence-corrected chi connectivity index (χ4v) is 1.99. The molecule has 5 heteroatoms. The molecule has 0 aliphatic heterocycles. The summed E-state index contributed by atoms with van der Waals surface area (Å²) in [6.07, 6.45) is 0.558. The molecule has 1 rings (SSSR count). The number of methoxy groups -OCH3 is 1. The molecule has 0 heterocycles. The zero-order chi connectivity index (χ0) is 11.1. The minimum atomic E-state index is -3.60. The van der Waals surface area contributed by atoms with E-state index in [-0.39, 0.29) is 11.5 Å². The predicted molar refractivity (Wildman–Crippen MR) is 56.1 cm³/mol. The highest BCUT2D eigenvalue weighted by Crippen LogP contribution is 2.11. The van der Waals surface area contributed by atoms with Crippen LogP contribution in [0.25, 0.3) is 0 Å². The number of ether oxygens (including phenoxy) is 1. The van der Waals surface area contributed by atoms with Crippen molar-refractivity contribution in [3.05, 3.63) is 30.3 Å². The minimum absolute atomic E-state index is 0.144. The number of rotatable bonds is 6. The van der Waals surface area contributed by atoms with Crippen LogP contribution in [0, 0.1) is 0 Å². The summed E-state index contributed by atoms with van der Waals surface area (Å²) < 4.78 is 32.7. The highest BCUT2D eigenvalue weighted by Gasteiger charge is 2.13. The van der Waals surface area contributed by atoms with E-state index < -0.39 is 10.1 Å². The fourth-order valence-electron chi connectivity index (χ4n) is 1.03. The van der Waals surface area contributed by atoms with Crippen molar-refractivity contribution >= 4 is 10.1 Å². The number of hydrogen-bond donors (Lipinski definition) is 0. The van der Waals surface area contributed by atoms with Gasteiger partial charge in [0.15, 0.2) is 0 Å². The summed E-state index contributed by atoms with van der Waals surface area (Å²) in [6.45, 7) is 0.634. The third kappa shape index (κ3) is 3.99. The maximum Gasteiger partial charge on any atom is 0.296 e. The molecule has 15 heavy (non-hydrogen) atoms. The summed E-state index contributed by atoms with van der Waals surface area (Å²) in [5.74, 6) is 0. The molecule has 0 aliphatic rings. The van der Waals surface area contributed by atoms with E-state index in [1.165, 1.54) is 12.1 Å². The molecule has 0 radical (unpaired) electrons. The third-order valence-corrected chi connectivity index (χ3v) is 3.09. The van der Waals surface area contributed by atoms with E-state index in [0.29, 0.717) is 13.0 Å². The quantitative estimate of drug-likeness (QED) is 0.548. The zero-order valence-electron chi connectivity index (χ0n) is 8.55. The molecule has 0 N–H and O–H groups in total. The van der Waals surface area contributed by atoms with E-state index in [4.69, 9.17) is 8.92 Å². The first-order chi connectivity index (χ1) is 7.17. The second kappa shape index (κ2) is 5.85. The zero-order valence-corrected chi connectivity index (χ0v) is 9.37. The third-order valence-electron chi connectivity index (χ3n) is 1.76. The van der Waals surface area contributed by atoms with Crippen LogP contribution in [0.1, 0.15) is 6.42 Å². The summed E-state index contributed by atoms with van der Waals surface area (Å²) in [5, 5.41) is 0. The summed E-state index contributed by atoms with van der Waals surface area (Å²) >= 11 is 0. The van der Waals surface area contributed by atoms with Crippen molar-refractivity contribution in [3.63, 3.8) is 0 Å². The van der Waals surface area contributed by atoms with E-state index >= 15 is 0 Å². The molecular formula is C10H14O4S. The Morgan fingerprint density at radius 3 is 2.40 bits per heavy atom. The van der Waals surface area contributed by atoms with Gasteiger partial charge in [0, 0.05) is 13.7 Å². The fraction of sp³-hybridized carbons (Fsp3) is 0.400. The molecule has 0 bridgehead atoms. The van der Waals surface area contributed by atoms with Crippen molar-refractivity contribution in [2.75, 3.05) is 20.3 Å². The Labute approximate surface area is 90.0 Å². The van der Waals surface area contributed by atoms with Crippen molar-refractivity contribution in [2.24, 2.45) is 0 Å². The summed E-state index contributed by atoms with van der Waals surface area (Å²) in [6, 6.07) is 8.08. The van der Waals surface area contributed by atoms with Crippen LogP contribution in [0.15, 0.2) is 35.2 Å². The van der Waals surface area contributed by atoms with E-state index in [1.54, 1.807) is 25.3 Å². The Bertz CT molecular complexity index is 372. The van der Waals surface area contributed by atoms with Gasteiger partial charge in [-0.3, -0.25) is 4.18 Å². The van der Waals surface area contributed by atoms with Crippen LogP contribution in [0.4, 0.5) is 0 Å². The van der Waals surface area contributed by atoms with Gasteiger partial charge in [0.25, 0.3) is 10.1 Å². The molecule has 84 valence electrons. The van der Waals surface area contributed by atoms with Crippen molar-refractivity contribution in [1.29, 1.82) is 0 Å². The maximum atomic E-state index is 11.5. The summed E-state index contributed by atoms with van der Waals surface area (Å²) in [7, 11) is -2.04. The Morgan fingerprint density at radius 1 is 1.13 bits per heavy atom. The van der Waals surface area contributed by atoms with E-state index in [1.807, 2.05) is 0 Å². The number of benzene rings is 1. The van der Waals surface area contributed by atoms with Gasteiger partial charge in [-0.1, -0.05) is 18.2 Å². The van der Waals surface area contributed by atoms with Crippen LogP contribution in [0.2, 0.25) is 0 Å². The Hall–Kier alpha value is -0.910. The predicted octanol–water partition coefficient (Wildman–Crippen LogP) is 1.43. The van der Waals surface area contributed by atoms with Crippen molar-refractivity contribution in [1.82, 2.24) is 0 Å². The first-order valence-electron chi connectivity index (χ1n) is 4.60. The monoisotopic (exact) mass is 230 g/mol. The lowest BCUT2D eigenvalue weighted by molar-refractivity contribution is 0.174. The molecule has 0 saturated carbocycles. The Kier molecular flexibility index (Phi) is 4.74.